The zero-order valence-electron chi connectivity index (χ0n) is 15.2. The molecule has 3 aromatic rings. The van der Waals surface area contributed by atoms with Gasteiger partial charge in [-0.3, -0.25) is 9.69 Å². The molecule has 1 amide bonds. The van der Waals surface area contributed by atoms with Crippen molar-refractivity contribution < 1.29 is 13.6 Å². The lowest BCUT2D eigenvalue weighted by Gasteiger charge is -2.12. The number of furan rings is 1. The van der Waals surface area contributed by atoms with Crippen LogP contribution in [-0.4, -0.2) is 22.2 Å². The van der Waals surface area contributed by atoms with Crippen molar-refractivity contribution in [2.75, 3.05) is 0 Å². The van der Waals surface area contributed by atoms with Crippen molar-refractivity contribution >= 4 is 35.1 Å². The Labute approximate surface area is 171 Å². The van der Waals surface area contributed by atoms with Gasteiger partial charge in [0.25, 0.3) is 5.91 Å². The highest BCUT2D eigenvalue weighted by Gasteiger charge is 2.34. The van der Waals surface area contributed by atoms with Crippen LogP contribution in [0.4, 0.5) is 4.39 Å². The first-order chi connectivity index (χ1) is 14.2. The number of nitrogens with zero attached hydrogens (tertiary/aromatic N) is 3. The molecule has 0 bridgehead atoms. The lowest BCUT2D eigenvalue weighted by molar-refractivity contribution is -0.122. The summed E-state index contributed by atoms with van der Waals surface area (Å²) in [5, 5.41) is 8.56. The highest BCUT2D eigenvalue weighted by atomic mass is 32.2. The summed E-state index contributed by atoms with van der Waals surface area (Å²) in [5.41, 5.74) is 1.24. The molecular formula is C22H16FN3O2S. The summed E-state index contributed by atoms with van der Waals surface area (Å²) in [4.78, 5) is 15.0. The molecule has 0 spiro atoms. The van der Waals surface area contributed by atoms with Crippen LogP contribution in [0.5, 0.6) is 0 Å². The van der Waals surface area contributed by atoms with E-state index in [-0.39, 0.29) is 18.3 Å². The van der Waals surface area contributed by atoms with Gasteiger partial charge in [-0.25, -0.2) is 4.39 Å². The maximum Gasteiger partial charge on any atom is 0.267 e. The van der Waals surface area contributed by atoms with Crippen molar-refractivity contribution in [1.82, 2.24) is 4.90 Å². The minimum Gasteiger partial charge on any atom is -0.467 e. The van der Waals surface area contributed by atoms with E-state index in [4.69, 9.17) is 4.42 Å². The molecule has 7 heteroatoms. The number of thioether (sulfide) groups is 1. The molecule has 5 nitrogen and oxygen atoms in total. The molecule has 1 aliphatic heterocycles. The van der Waals surface area contributed by atoms with E-state index in [9.17, 15) is 9.18 Å². The second-order valence-corrected chi connectivity index (χ2v) is 7.15. The third-order valence-electron chi connectivity index (χ3n) is 4.12. The molecule has 0 radical (unpaired) electrons. The number of carbonyl (C=O) groups excluding carboxylic acids is 1. The summed E-state index contributed by atoms with van der Waals surface area (Å²) in [6.45, 7) is 0.235. The third-order valence-corrected chi connectivity index (χ3v) is 5.12. The first-order valence-corrected chi connectivity index (χ1v) is 9.67. The molecule has 0 aliphatic carbocycles. The fourth-order valence-corrected chi connectivity index (χ4v) is 3.64. The van der Waals surface area contributed by atoms with E-state index in [1.54, 1.807) is 36.6 Å². The molecule has 144 valence electrons. The van der Waals surface area contributed by atoms with Crippen LogP contribution in [0.25, 0.3) is 6.08 Å². The van der Waals surface area contributed by atoms with Crippen LogP contribution in [0.2, 0.25) is 0 Å². The summed E-state index contributed by atoms with van der Waals surface area (Å²) in [6.07, 6.45) is 4.69. The number of halogens is 1. The van der Waals surface area contributed by atoms with Crippen LogP contribution in [0.1, 0.15) is 16.9 Å². The average molecular weight is 405 g/mol. The molecule has 1 aliphatic rings. The largest absolute Gasteiger partial charge is 0.467 e. The maximum absolute atomic E-state index is 13.8. The molecular weight excluding hydrogens is 389 g/mol. The monoisotopic (exact) mass is 405 g/mol. The van der Waals surface area contributed by atoms with E-state index < -0.39 is 0 Å². The fraction of sp³-hybridized carbons (Fsp3) is 0.0455. The number of hydrogen-bond acceptors (Lipinski definition) is 5. The van der Waals surface area contributed by atoms with Crippen molar-refractivity contribution in [2.24, 2.45) is 10.2 Å². The third kappa shape index (κ3) is 4.52. The Bertz CT molecular complexity index is 1090. The van der Waals surface area contributed by atoms with Gasteiger partial charge < -0.3 is 4.42 Å². The number of amides is 1. The maximum atomic E-state index is 13.8. The van der Waals surface area contributed by atoms with Gasteiger partial charge in [0.15, 0.2) is 5.17 Å². The minimum atomic E-state index is -0.385. The quantitative estimate of drug-likeness (QED) is 0.344. The smallest absolute Gasteiger partial charge is 0.267 e. The molecule has 1 aromatic heterocycles. The predicted octanol–water partition coefficient (Wildman–Crippen LogP) is 4.93. The topological polar surface area (TPSA) is 58.2 Å². The summed E-state index contributed by atoms with van der Waals surface area (Å²) < 4.78 is 19.1. The minimum absolute atomic E-state index is 0.185. The van der Waals surface area contributed by atoms with E-state index in [1.807, 2.05) is 36.4 Å². The van der Waals surface area contributed by atoms with E-state index in [0.717, 1.165) is 5.56 Å². The first kappa shape index (κ1) is 18.9. The van der Waals surface area contributed by atoms with E-state index in [1.165, 1.54) is 28.9 Å². The van der Waals surface area contributed by atoms with Crippen LogP contribution in [-0.2, 0) is 11.3 Å². The number of amidine groups is 1. The SMILES string of the molecule is O=C1/C(=C/c2ccccc2)S/C(=N\N=C\c2ccccc2F)N1Cc1ccco1. The lowest BCUT2D eigenvalue weighted by Crippen LogP contribution is -2.28. The Balaban J connectivity index is 1.63. The Morgan fingerprint density at radius 2 is 1.83 bits per heavy atom. The van der Waals surface area contributed by atoms with E-state index >= 15 is 0 Å². The van der Waals surface area contributed by atoms with Crippen LogP contribution < -0.4 is 0 Å². The lowest BCUT2D eigenvalue weighted by atomic mass is 10.2. The molecule has 4 rings (SSSR count). The van der Waals surface area contributed by atoms with Gasteiger partial charge in [0.05, 0.1) is 23.9 Å². The molecule has 0 unspecified atom stereocenters. The van der Waals surface area contributed by atoms with Gasteiger partial charge in [0.2, 0.25) is 0 Å². The van der Waals surface area contributed by atoms with Gasteiger partial charge in [-0.05, 0) is 41.6 Å². The summed E-state index contributed by atoms with van der Waals surface area (Å²) >= 11 is 1.22. The highest BCUT2D eigenvalue weighted by molar-refractivity contribution is 8.18. The van der Waals surface area contributed by atoms with Crippen LogP contribution in [0.15, 0.2) is 92.5 Å². The fourth-order valence-electron chi connectivity index (χ4n) is 2.70. The van der Waals surface area contributed by atoms with Gasteiger partial charge in [-0.15, -0.1) is 5.10 Å². The molecule has 1 fully saturated rings. The summed E-state index contributed by atoms with van der Waals surface area (Å²) in [5.74, 6) is 0.0597. The van der Waals surface area contributed by atoms with Gasteiger partial charge in [-0.2, -0.15) is 5.10 Å². The normalized spacial score (nSPS) is 17.1. The zero-order chi connectivity index (χ0) is 20.1. The Hall–Kier alpha value is -3.45. The van der Waals surface area contributed by atoms with Crippen molar-refractivity contribution in [3.8, 4) is 0 Å². The predicted molar refractivity (Wildman–Crippen MR) is 113 cm³/mol. The number of rotatable bonds is 5. The van der Waals surface area contributed by atoms with E-state index in [0.29, 0.717) is 21.4 Å². The molecule has 29 heavy (non-hydrogen) atoms. The molecule has 0 atom stereocenters. The molecule has 0 saturated carbocycles. The second-order valence-electron chi connectivity index (χ2n) is 6.14. The average Bonchev–Trinajstić information content (AvgIpc) is 3.35. The van der Waals surface area contributed by atoms with Gasteiger partial charge >= 0.3 is 0 Å². The first-order valence-electron chi connectivity index (χ1n) is 8.85. The Morgan fingerprint density at radius 1 is 1.03 bits per heavy atom. The van der Waals surface area contributed by atoms with Crippen molar-refractivity contribution in [2.45, 2.75) is 6.54 Å². The summed E-state index contributed by atoms with van der Waals surface area (Å²) in [6, 6.07) is 19.4. The van der Waals surface area contributed by atoms with Gasteiger partial charge in [0.1, 0.15) is 11.6 Å². The second kappa shape index (κ2) is 8.70. The van der Waals surface area contributed by atoms with Crippen LogP contribution in [0, 0.1) is 5.82 Å². The van der Waals surface area contributed by atoms with E-state index in [2.05, 4.69) is 10.2 Å². The van der Waals surface area contributed by atoms with Crippen molar-refractivity contribution in [3.63, 3.8) is 0 Å². The molecule has 0 N–H and O–H groups in total. The molecule has 1 saturated heterocycles. The summed E-state index contributed by atoms with van der Waals surface area (Å²) in [7, 11) is 0. The molecule has 2 aromatic carbocycles. The highest BCUT2D eigenvalue weighted by Crippen LogP contribution is 2.33. The van der Waals surface area contributed by atoms with Crippen LogP contribution >= 0.6 is 11.8 Å². The van der Waals surface area contributed by atoms with Crippen molar-refractivity contribution in [1.29, 1.82) is 0 Å². The van der Waals surface area contributed by atoms with Crippen LogP contribution in [0.3, 0.4) is 0 Å². The Kier molecular flexibility index (Phi) is 5.67. The number of carbonyl (C=O) groups is 1. The van der Waals surface area contributed by atoms with Gasteiger partial charge in [0, 0.05) is 5.56 Å². The van der Waals surface area contributed by atoms with Crippen molar-refractivity contribution in [3.05, 3.63) is 101 Å². The zero-order valence-corrected chi connectivity index (χ0v) is 16.1. The standard InChI is InChI=1S/C22H16FN3O2S/c23-19-11-5-4-9-17(19)14-24-25-22-26(15-18-10-6-12-28-18)21(27)20(29-22)13-16-7-2-1-3-8-16/h1-14H,15H2/b20-13-,24-14+,25-22-. The van der Waals surface area contributed by atoms with Gasteiger partial charge in [-0.1, -0.05) is 48.5 Å². The Morgan fingerprint density at radius 3 is 2.59 bits per heavy atom. The molecule has 2 heterocycles. The number of hydrogen-bond donors (Lipinski definition) is 0. The number of benzene rings is 2.